The quantitative estimate of drug-likeness (QED) is 0.742. The molecule has 0 aliphatic heterocycles. The van der Waals surface area contributed by atoms with Gasteiger partial charge in [0.05, 0.1) is 0 Å². The van der Waals surface area contributed by atoms with E-state index in [4.69, 9.17) is 0 Å². The fourth-order valence-corrected chi connectivity index (χ4v) is 3.13. The average molecular weight is 324 g/mol. The minimum Gasteiger partial charge on any atom is -0.358 e. The Bertz CT molecular complexity index is 894. The third kappa shape index (κ3) is 3.04. The molecule has 1 heterocycles. The van der Waals surface area contributed by atoms with Gasteiger partial charge in [0.25, 0.3) is 5.91 Å². The van der Waals surface area contributed by atoms with Crippen molar-refractivity contribution < 1.29 is 9.18 Å². The van der Waals surface area contributed by atoms with E-state index < -0.39 is 0 Å². The number of aryl methyl sites for hydroxylation is 3. The molecule has 1 amide bonds. The lowest BCUT2D eigenvalue weighted by atomic mass is 10.0. The highest BCUT2D eigenvalue weighted by atomic mass is 19.1. The standard InChI is InChI=1S/C20H21FN2O/c1-12-4-5-13(2)19-18(12)17(14(3)23-19)10-11-22-20(24)15-6-8-16(21)9-7-15/h4-9,23H,10-11H2,1-3H3,(H,22,24). The van der Waals surface area contributed by atoms with Gasteiger partial charge >= 0.3 is 0 Å². The van der Waals surface area contributed by atoms with E-state index in [-0.39, 0.29) is 11.7 Å². The largest absolute Gasteiger partial charge is 0.358 e. The summed E-state index contributed by atoms with van der Waals surface area (Å²) in [5, 5.41) is 4.16. The molecule has 0 fully saturated rings. The number of aromatic nitrogens is 1. The van der Waals surface area contributed by atoms with Crippen LogP contribution in [0.4, 0.5) is 4.39 Å². The molecule has 3 aromatic rings. The summed E-state index contributed by atoms with van der Waals surface area (Å²) in [6.45, 7) is 6.81. The molecule has 0 saturated heterocycles. The number of carbonyl (C=O) groups is 1. The molecule has 2 aromatic carbocycles. The van der Waals surface area contributed by atoms with Gasteiger partial charge < -0.3 is 10.3 Å². The zero-order chi connectivity index (χ0) is 17.3. The highest BCUT2D eigenvalue weighted by molar-refractivity contribution is 5.94. The van der Waals surface area contributed by atoms with Gasteiger partial charge in [-0.1, -0.05) is 12.1 Å². The van der Waals surface area contributed by atoms with Crippen molar-refractivity contribution in [3.8, 4) is 0 Å². The monoisotopic (exact) mass is 324 g/mol. The van der Waals surface area contributed by atoms with Crippen LogP contribution >= 0.6 is 0 Å². The van der Waals surface area contributed by atoms with Gasteiger partial charge in [-0.3, -0.25) is 4.79 Å². The van der Waals surface area contributed by atoms with Crippen molar-refractivity contribution in [2.75, 3.05) is 6.54 Å². The van der Waals surface area contributed by atoms with E-state index >= 15 is 0 Å². The normalized spacial score (nSPS) is 11.0. The van der Waals surface area contributed by atoms with E-state index in [1.54, 1.807) is 0 Å². The Morgan fingerprint density at radius 2 is 1.71 bits per heavy atom. The number of fused-ring (bicyclic) bond motifs is 1. The van der Waals surface area contributed by atoms with Gasteiger partial charge in [-0.05, 0) is 68.1 Å². The van der Waals surface area contributed by atoms with Crippen molar-refractivity contribution in [1.82, 2.24) is 10.3 Å². The second kappa shape index (κ2) is 6.48. The zero-order valence-corrected chi connectivity index (χ0v) is 14.2. The number of amides is 1. The van der Waals surface area contributed by atoms with E-state index in [1.807, 2.05) is 0 Å². The van der Waals surface area contributed by atoms with E-state index in [9.17, 15) is 9.18 Å². The Kier molecular flexibility index (Phi) is 4.38. The number of aromatic amines is 1. The molecular weight excluding hydrogens is 303 g/mol. The van der Waals surface area contributed by atoms with Crippen molar-refractivity contribution in [2.24, 2.45) is 0 Å². The number of carbonyl (C=O) groups excluding carboxylic acids is 1. The zero-order valence-electron chi connectivity index (χ0n) is 14.2. The lowest BCUT2D eigenvalue weighted by Crippen LogP contribution is -2.25. The molecule has 0 radical (unpaired) electrons. The summed E-state index contributed by atoms with van der Waals surface area (Å²) in [7, 11) is 0. The van der Waals surface area contributed by atoms with Gasteiger partial charge in [0, 0.05) is 28.7 Å². The van der Waals surface area contributed by atoms with E-state index in [0.29, 0.717) is 12.1 Å². The number of rotatable bonds is 4. The maximum atomic E-state index is 12.9. The molecule has 0 unspecified atom stereocenters. The first-order chi connectivity index (χ1) is 11.5. The van der Waals surface area contributed by atoms with Crippen LogP contribution in [0.3, 0.4) is 0 Å². The number of hydrogen-bond acceptors (Lipinski definition) is 1. The Morgan fingerprint density at radius 3 is 2.42 bits per heavy atom. The van der Waals surface area contributed by atoms with Crippen LogP contribution in [0.2, 0.25) is 0 Å². The van der Waals surface area contributed by atoms with Gasteiger partial charge in [-0.2, -0.15) is 0 Å². The number of benzene rings is 2. The molecule has 2 N–H and O–H groups in total. The minimum atomic E-state index is -0.341. The van der Waals surface area contributed by atoms with Gasteiger partial charge in [0.2, 0.25) is 0 Å². The third-order valence-corrected chi connectivity index (χ3v) is 4.46. The highest BCUT2D eigenvalue weighted by Crippen LogP contribution is 2.28. The fraction of sp³-hybridized carbons (Fsp3) is 0.250. The molecule has 0 atom stereocenters. The Morgan fingerprint density at radius 1 is 1.04 bits per heavy atom. The first-order valence-corrected chi connectivity index (χ1v) is 8.08. The van der Waals surface area contributed by atoms with Crippen LogP contribution in [0.1, 0.15) is 32.7 Å². The van der Waals surface area contributed by atoms with Crippen molar-refractivity contribution >= 4 is 16.8 Å². The van der Waals surface area contributed by atoms with Crippen LogP contribution in [0.25, 0.3) is 10.9 Å². The summed E-state index contributed by atoms with van der Waals surface area (Å²) in [6, 6.07) is 9.83. The lowest BCUT2D eigenvalue weighted by molar-refractivity contribution is 0.0954. The van der Waals surface area contributed by atoms with Crippen molar-refractivity contribution in [2.45, 2.75) is 27.2 Å². The third-order valence-electron chi connectivity index (χ3n) is 4.46. The Balaban J connectivity index is 1.74. The van der Waals surface area contributed by atoms with E-state index in [1.165, 1.54) is 51.9 Å². The molecule has 0 spiro atoms. The van der Waals surface area contributed by atoms with Crippen LogP contribution in [0.15, 0.2) is 36.4 Å². The molecule has 3 rings (SSSR count). The highest BCUT2D eigenvalue weighted by Gasteiger charge is 2.13. The maximum absolute atomic E-state index is 12.9. The first kappa shape index (κ1) is 16.2. The summed E-state index contributed by atoms with van der Waals surface area (Å²) in [4.78, 5) is 15.6. The minimum absolute atomic E-state index is 0.180. The Hall–Kier alpha value is -2.62. The maximum Gasteiger partial charge on any atom is 0.251 e. The van der Waals surface area contributed by atoms with Gasteiger partial charge in [0.15, 0.2) is 0 Å². The van der Waals surface area contributed by atoms with Gasteiger partial charge in [-0.15, -0.1) is 0 Å². The predicted octanol–water partition coefficient (Wildman–Crippen LogP) is 4.20. The van der Waals surface area contributed by atoms with Crippen LogP contribution < -0.4 is 5.32 Å². The van der Waals surface area contributed by atoms with Crippen molar-refractivity contribution in [3.63, 3.8) is 0 Å². The molecule has 0 saturated carbocycles. The molecule has 0 aliphatic rings. The van der Waals surface area contributed by atoms with Crippen LogP contribution in [0, 0.1) is 26.6 Å². The second-order valence-corrected chi connectivity index (χ2v) is 6.19. The Labute approximate surface area is 140 Å². The summed E-state index contributed by atoms with van der Waals surface area (Å²) < 4.78 is 12.9. The van der Waals surface area contributed by atoms with Crippen molar-refractivity contribution in [3.05, 3.63) is 70.2 Å². The molecule has 124 valence electrons. The van der Waals surface area contributed by atoms with Gasteiger partial charge in [-0.25, -0.2) is 4.39 Å². The molecule has 4 heteroatoms. The van der Waals surface area contributed by atoms with Crippen LogP contribution in [0.5, 0.6) is 0 Å². The lowest BCUT2D eigenvalue weighted by Gasteiger charge is -2.07. The SMILES string of the molecule is Cc1[nH]c2c(C)ccc(C)c2c1CCNC(=O)c1ccc(F)cc1. The number of H-pyrrole nitrogens is 1. The molecule has 1 aromatic heterocycles. The topological polar surface area (TPSA) is 44.9 Å². The first-order valence-electron chi connectivity index (χ1n) is 8.08. The van der Waals surface area contributed by atoms with Crippen molar-refractivity contribution in [1.29, 1.82) is 0 Å². The average Bonchev–Trinajstić information content (AvgIpc) is 2.90. The predicted molar refractivity (Wildman–Crippen MR) is 94.9 cm³/mol. The summed E-state index contributed by atoms with van der Waals surface area (Å²) in [6.07, 6.45) is 0.753. The summed E-state index contributed by atoms with van der Waals surface area (Å²) >= 11 is 0. The molecule has 3 nitrogen and oxygen atoms in total. The molecule has 0 aliphatic carbocycles. The summed E-state index contributed by atoms with van der Waals surface area (Å²) in [5.41, 5.74) is 6.48. The molecule has 0 bridgehead atoms. The van der Waals surface area contributed by atoms with E-state index in [0.717, 1.165) is 12.1 Å². The van der Waals surface area contributed by atoms with Crippen LogP contribution in [-0.2, 0) is 6.42 Å². The molecular formula is C20H21FN2O. The second-order valence-electron chi connectivity index (χ2n) is 6.19. The van der Waals surface area contributed by atoms with Crippen LogP contribution in [-0.4, -0.2) is 17.4 Å². The smallest absolute Gasteiger partial charge is 0.251 e. The fourth-order valence-electron chi connectivity index (χ4n) is 3.13. The molecule has 24 heavy (non-hydrogen) atoms. The number of hydrogen-bond donors (Lipinski definition) is 2. The summed E-state index contributed by atoms with van der Waals surface area (Å²) in [5.74, 6) is -0.521. The number of nitrogens with one attached hydrogen (secondary N) is 2. The van der Waals surface area contributed by atoms with E-state index in [2.05, 4.69) is 43.2 Å². The van der Waals surface area contributed by atoms with Gasteiger partial charge in [0.1, 0.15) is 5.82 Å². The number of halogens is 1.